The van der Waals surface area contributed by atoms with Crippen molar-refractivity contribution in [2.75, 3.05) is 6.79 Å². The van der Waals surface area contributed by atoms with Crippen LogP contribution < -0.4 is 14.2 Å². The monoisotopic (exact) mass is 340 g/mol. The van der Waals surface area contributed by atoms with Crippen LogP contribution in [0.3, 0.4) is 0 Å². The van der Waals surface area contributed by atoms with Gasteiger partial charge in [-0.3, -0.25) is 0 Å². The third-order valence-corrected chi connectivity index (χ3v) is 3.58. The molecule has 0 bridgehead atoms. The molecule has 1 heterocycles. The van der Waals surface area contributed by atoms with Crippen molar-refractivity contribution in [3.05, 3.63) is 47.0 Å². The SMILES string of the molecule is Clc1ccc(Oc2ccc3c(c2)OCO3)c(CBr)c1. The van der Waals surface area contributed by atoms with Gasteiger partial charge in [-0.2, -0.15) is 0 Å². The largest absolute Gasteiger partial charge is 0.457 e. The van der Waals surface area contributed by atoms with Gasteiger partial charge in [-0.1, -0.05) is 27.5 Å². The first-order valence-corrected chi connectivity index (χ1v) is 7.18. The minimum atomic E-state index is 0.256. The molecule has 0 saturated heterocycles. The zero-order valence-corrected chi connectivity index (χ0v) is 12.2. The molecule has 1 aliphatic rings. The van der Waals surface area contributed by atoms with Gasteiger partial charge in [-0.25, -0.2) is 0 Å². The number of alkyl halides is 1. The van der Waals surface area contributed by atoms with E-state index < -0.39 is 0 Å². The lowest BCUT2D eigenvalue weighted by Crippen LogP contribution is -1.93. The smallest absolute Gasteiger partial charge is 0.231 e. The molecule has 0 amide bonds. The molecule has 3 rings (SSSR count). The number of hydrogen-bond acceptors (Lipinski definition) is 3. The van der Waals surface area contributed by atoms with Gasteiger partial charge in [0, 0.05) is 22.0 Å². The van der Waals surface area contributed by atoms with Crippen LogP contribution in [0.15, 0.2) is 36.4 Å². The predicted molar refractivity (Wildman–Crippen MR) is 76.7 cm³/mol. The van der Waals surface area contributed by atoms with Crippen molar-refractivity contribution in [1.82, 2.24) is 0 Å². The standard InChI is InChI=1S/C14H10BrClO3/c15-7-9-5-10(16)1-3-12(9)19-11-2-4-13-14(6-11)18-8-17-13/h1-6H,7-8H2. The number of halogens is 2. The molecule has 3 nitrogen and oxygen atoms in total. The normalized spacial score (nSPS) is 12.5. The number of ether oxygens (including phenoxy) is 3. The molecule has 0 spiro atoms. The lowest BCUT2D eigenvalue weighted by molar-refractivity contribution is 0.174. The number of hydrogen-bond donors (Lipinski definition) is 0. The summed E-state index contributed by atoms with van der Waals surface area (Å²) in [6.45, 7) is 0.256. The first-order valence-electron chi connectivity index (χ1n) is 5.68. The average molecular weight is 342 g/mol. The van der Waals surface area contributed by atoms with E-state index in [-0.39, 0.29) is 6.79 Å². The fourth-order valence-electron chi connectivity index (χ4n) is 1.82. The van der Waals surface area contributed by atoms with Crippen molar-refractivity contribution in [2.24, 2.45) is 0 Å². The molecule has 0 aliphatic carbocycles. The fraction of sp³-hybridized carbons (Fsp3) is 0.143. The number of rotatable bonds is 3. The quantitative estimate of drug-likeness (QED) is 0.754. The Kier molecular flexibility index (Phi) is 3.53. The predicted octanol–water partition coefficient (Wildman–Crippen LogP) is 4.76. The molecule has 1 aliphatic heterocycles. The van der Waals surface area contributed by atoms with E-state index in [2.05, 4.69) is 15.9 Å². The molecule has 0 atom stereocenters. The maximum absolute atomic E-state index is 5.96. The summed E-state index contributed by atoms with van der Waals surface area (Å²) in [6, 6.07) is 11.0. The van der Waals surface area contributed by atoms with E-state index in [1.165, 1.54) is 0 Å². The first kappa shape index (κ1) is 12.6. The van der Waals surface area contributed by atoms with Crippen LogP contribution in [0.2, 0.25) is 5.02 Å². The second-order valence-corrected chi connectivity index (χ2v) is 5.00. The molecule has 0 fully saturated rings. The third kappa shape index (κ3) is 2.65. The lowest BCUT2D eigenvalue weighted by atomic mass is 10.2. The topological polar surface area (TPSA) is 27.7 Å². The van der Waals surface area contributed by atoms with Gasteiger partial charge in [0.25, 0.3) is 0 Å². The van der Waals surface area contributed by atoms with Crippen LogP contribution in [0.25, 0.3) is 0 Å². The number of benzene rings is 2. The van der Waals surface area contributed by atoms with Gasteiger partial charge in [0.05, 0.1) is 0 Å². The Morgan fingerprint density at radius 3 is 2.79 bits per heavy atom. The summed E-state index contributed by atoms with van der Waals surface area (Å²) in [5.41, 5.74) is 0.991. The maximum Gasteiger partial charge on any atom is 0.231 e. The summed E-state index contributed by atoms with van der Waals surface area (Å²) in [6.07, 6.45) is 0. The van der Waals surface area contributed by atoms with Crippen molar-refractivity contribution < 1.29 is 14.2 Å². The zero-order chi connectivity index (χ0) is 13.2. The minimum absolute atomic E-state index is 0.256. The Hall–Kier alpha value is -1.39. The highest BCUT2D eigenvalue weighted by molar-refractivity contribution is 9.08. The van der Waals surface area contributed by atoms with Crippen LogP contribution in [-0.4, -0.2) is 6.79 Å². The Morgan fingerprint density at radius 2 is 1.95 bits per heavy atom. The van der Waals surface area contributed by atoms with E-state index in [0.717, 1.165) is 17.1 Å². The lowest BCUT2D eigenvalue weighted by Gasteiger charge is -2.10. The van der Waals surface area contributed by atoms with Gasteiger partial charge in [0.15, 0.2) is 11.5 Å². The summed E-state index contributed by atoms with van der Waals surface area (Å²) in [5, 5.41) is 1.36. The van der Waals surface area contributed by atoms with Crippen LogP contribution in [0.1, 0.15) is 5.56 Å². The second kappa shape index (κ2) is 5.31. The van der Waals surface area contributed by atoms with Crippen molar-refractivity contribution in [2.45, 2.75) is 5.33 Å². The minimum Gasteiger partial charge on any atom is -0.457 e. The molecule has 0 aromatic heterocycles. The van der Waals surface area contributed by atoms with E-state index in [4.69, 9.17) is 25.8 Å². The van der Waals surface area contributed by atoms with Crippen LogP contribution in [0.4, 0.5) is 0 Å². The van der Waals surface area contributed by atoms with Crippen molar-refractivity contribution in [1.29, 1.82) is 0 Å². The maximum atomic E-state index is 5.96. The van der Waals surface area contributed by atoms with E-state index in [1.54, 1.807) is 6.07 Å². The molecular weight excluding hydrogens is 332 g/mol. The third-order valence-electron chi connectivity index (χ3n) is 2.74. The van der Waals surface area contributed by atoms with Crippen molar-refractivity contribution >= 4 is 27.5 Å². The van der Waals surface area contributed by atoms with Crippen molar-refractivity contribution in [3.8, 4) is 23.0 Å². The molecule has 0 unspecified atom stereocenters. The molecule has 19 heavy (non-hydrogen) atoms. The van der Waals surface area contributed by atoms with E-state index in [0.29, 0.717) is 21.9 Å². The molecule has 2 aromatic rings. The molecule has 2 aromatic carbocycles. The molecule has 5 heteroatoms. The van der Waals surface area contributed by atoms with E-state index in [9.17, 15) is 0 Å². The Bertz CT molecular complexity index is 616. The van der Waals surface area contributed by atoms with E-state index >= 15 is 0 Å². The fourth-order valence-corrected chi connectivity index (χ4v) is 2.45. The summed E-state index contributed by atoms with van der Waals surface area (Å²) >= 11 is 9.38. The summed E-state index contributed by atoms with van der Waals surface area (Å²) in [4.78, 5) is 0. The second-order valence-electron chi connectivity index (χ2n) is 4.00. The van der Waals surface area contributed by atoms with Gasteiger partial charge in [-0.05, 0) is 30.3 Å². The molecule has 0 radical (unpaired) electrons. The molecule has 98 valence electrons. The van der Waals surface area contributed by atoms with Crippen LogP contribution >= 0.6 is 27.5 Å². The summed E-state index contributed by atoms with van der Waals surface area (Å²) in [7, 11) is 0. The van der Waals surface area contributed by atoms with Gasteiger partial charge in [0.2, 0.25) is 6.79 Å². The van der Waals surface area contributed by atoms with Gasteiger partial charge in [0.1, 0.15) is 11.5 Å². The highest BCUT2D eigenvalue weighted by Crippen LogP contribution is 2.37. The zero-order valence-electron chi connectivity index (χ0n) is 9.86. The van der Waals surface area contributed by atoms with Gasteiger partial charge < -0.3 is 14.2 Å². The van der Waals surface area contributed by atoms with Gasteiger partial charge >= 0.3 is 0 Å². The molecule has 0 N–H and O–H groups in total. The summed E-state index contributed by atoms with van der Waals surface area (Å²) < 4.78 is 16.4. The Morgan fingerprint density at radius 1 is 1.11 bits per heavy atom. The van der Waals surface area contributed by atoms with Crippen LogP contribution in [0, 0.1) is 0 Å². The Labute approximate surface area is 124 Å². The van der Waals surface area contributed by atoms with E-state index in [1.807, 2.05) is 30.3 Å². The average Bonchev–Trinajstić information content (AvgIpc) is 2.88. The molecule has 0 saturated carbocycles. The Balaban J connectivity index is 1.89. The van der Waals surface area contributed by atoms with Crippen LogP contribution in [0.5, 0.6) is 23.0 Å². The molecular formula is C14H10BrClO3. The van der Waals surface area contributed by atoms with Crippen LogP contribution in [-0.2, 0) is 5.33 Å². The highest BCUT2D eigenvalue weighted by atomic mass is 79.9. The highest BCUT2D eigenvalue weighted by Gasteiger charge is 2.14. The van der Waals surface area contributed by atoms with Crippen molar-refractivity contribution in [3.63, 3.8) is 0 Å². The van der Waals surface area contributed by atoms with Gasteiger partial charge in [-0.15, -0.1) is 0 Å². The first-order chi connectivity index (χ1) is 9.26. The number of fused-ring (bicyclic) bond motifs is 1. The summed E-state index contributed by atoms with van der Waals surface area (Å²) in [5.74, 6) is 2.91.